The molecule has 1 saturated carbocycles. The lowest BCUT2D eigenvalue weighted by molar-refractivity contribution is -0.440. The normalized spacial score (nSPS) is 18.2. The molecule has 0 saturated heterocycles. The van der Waals surface area contributed by atoms with Crippen molar-refractivity contribution in [1.29, 1.82) is 0 Å². The highest BCUT2D eigenvalue weighted by atomic mass is 19.4. The fourth-order valence-electron chi connectivity index (χ4n) is 5.13. The van der Waals surface area contributed by atoms with Crippen molar-refractivity contribution in [2.75, 3.05) is 6.61 Å². The first-order chi connectivity index (χ1) is 23.7. The third-order valence-corrected chi connectivity index (χ3v) is 7.86. The van der Waals surface area contributed by atoms with Crippen molar-refractivity contribution in [3.05, 3.63) is 62.9 Å². The molecule has 1 unspecified atom stereocenters. The Morgan fingerprint density at radius 2 is 1.33 bits per heavy atom. The number of allylic oxidation sites excluding steroid dienone is 2. The Hall–Kier alpha value is -4.47. The summed E-state index contributed by atoms with van der Waals surface area (Å²) in [7, 11) is 0. The number of non-ortho nitro benzene ring substituents is 1. The van der Waals surface area contributed by atoms with Gasteiger partial charge in [0.2, 0.25) is 0 Å². The van der Waals surface area contributed by atoms with E-state index in [1.165, 1.54) is 26.0 Å². The smallest absolute Gasteiger partial charge is 0.434 e. The van der Waals surface area contributed by atoms with Gasteiger partial charge in [0.25, 0.3) is 5.69 Å². The van der Waals surface area contributed by atoms with Crippen LogP contribution in [0.1, 0.15) is 63.9 Å². The molecule has 0 spiro atoms. The number of nitrogens with one attached hydrogen (secondary N) is 1. The van der Waals surface area contributed by atoms with E-state index in [-0.39, 0.29) is 22.7 Å². The standard InChI is InChI=1S/C29H27F13N2O8/c1-14-20(19(16-7-5-8-17(13-16)44(47)48)21(15(2)43-14)52-23(46)50-18-9-3-4-10-18)51-22(45)49-12-6-11-24(30,31)25(32,33)26(34,35)27(36,37)28(38,39)29(40,41)42/h5,7-8,13,18-19,43H,3-4,6,9-12H2,1-2H3. The summed E-state index contributed by atoms with van der Waals surface area (Å²) < 4.78 is 194. The topological polar surface area (TPSA) is 126 Å². The summed E-state index contributed by atoms with van der Waals surface area (Å²) in [6.45, 7) is 1.24. The predicted molar refractivity (Wildman–Crippen MR) is 147 cm³/mol. The molecule has 23 heteroatoms. The summed E-state index contributed by atoms with van der Waals surface area (Å²) in [5.74, 6) is -40.0. The van der Waals surface area contributed by atoms with Crippen molar-refractivity contribution in [2.45, 2.75) is 100 Å². The first-order valence-corrected chi connectivity index (χ1v) is 14.8. The van der Waals surface area contributed by atoms with Crippen LogP contribution in [0.3, 0.4) is 0 Å². The monoisotopic (exact) mass is 778 g/mol. The molecule has 1 aromatic carbocycles. The number of carbonyl (C=O) groups excluding carboxylic acids is 2. The van der Waals surface area contributed by atoms with Crippen molar-refractivity contribution in [1.82, 2.24) is 5.32 Å². The van der Waals surface area contributed by atoms with Crippen molar-refractivity contribution in [3.8, 4) is 0 Å². The van der Waals surface area contributed by atoms with E-state index in [9.17, 15) is 76.8 Å². The van der Waals surface area contributed by atoms with E-state index in [4.69, 9.17) is 14.2 Å². The van der Waals surface area contributed by atoms with E-state index in [1.54, 1.807) is 0 Å². The molecule has 0 bridgehead atoms. The molecule has 0 radical (unpaired) electrons. The fourth-order valence-corrected chi connectivity index (χ4v) is 5.13. The van der Waals surface area contributed by atoms with Crippen molar-refractivity contribution in [3.63, 3.8) is 0 Å². The molecule has 0 aromatic heterocycles. The van der Waals surface area contributed by atoms with Gasteiger partial charge >= 0.3 is 48.1 Å². The number of carbonyl (C=O) groups is 2. The number of rotatable bonds is 13. The second kappa shape index (κ2) is 14.9. The van der Waals surface area contributed by atoms with Crippen LogP contribution in [0.4, 0.5) is 72.4 Å². The van der Waals surface area contributed by atoms with E-state index in [0.717, 1.165) is 25.0 Å². The minimum Gasteiger partial charge on any atom is -0.434 e. The summed E-state index contributed by atoms with van der Waals surface area (Å²) in [6.07, 6.45) is -12.7. The first kappa shape index (κ1) is 41.9. The zero-order chi connectivity index (χ0) is 39.7. The molecule has 2 aliphatic rings. The average molecular weight is 779 g/mol. The third-order valence-electron chi connectivity index (χ3n) is 7.86. The lowest BCUT2D eigenvalue weighted by atomic mass is 9.90. The van der Waals surface area contributed by atoms with E-state index in [2.05, 4.69) is 10.1 Å². The molecular weight excluding hydrogens is 751 g/mol. The summed E-state index contributed by atoms with van der Waals surface area (Å²) in [5.41, 5.74) is -0.440. The van der Waals surface area contributed by atoms with Crippen LogP contribution in [0.25, 0.3) is 0 Å². The summed E-state index contributed by atoms with van der Waals surface area (Å²) in [4.78, 5) is 35.9. The average Bonchev–Trinajstić information content (AvgIpc) is 3.53. The largest absolute Gasteiger partial charge is 0.513 e. The van der Waals surface area contributed by atoms with Gasteiger partial charge in [0.1, 0.15) is 23.5 Å². The van der Waals surface area contributed by atoms with Crippen LogP contribution in [-0.2, 0) is 18.9 Å². The van der Waals surface area contributed by atoms with Gasteiger partial charge in [-0.3, -0.25) is 10.1 Å². The summed E-state index contributed by atoms with van der Waals surface area (Å²) >= 11 is 0. The highest BCUT2D eigenvalue weighted by Gasteiger charge is 2.90. The van der Waals surface area contributed by atoms with Gasteiger partial charge in [0.15, 0.2) is 0 Å². The number of nitro benzene ring substituents is 1. The number of nitro groups is 1. The van der Waals surface area contributed by atoms with Crippen LogP contribution >= 0.6 is 0 Å². The lowest BCUT2D eigenvalue weighted by Crippen LogP contribution is -2.70. The number of hydrogen-bond donors (Lipinski definition) is 1. The van der Waals surface area contributed by atoms with E-state index < -0.39 is 95.9 Å². The van der Waals surface area contributed by atoms with Crippen LogP contribution in [-0.4, -0.2) is 65.7 Å². The van der Waals surface area contributed by atoms with Crippen molar-refractivity contribution in [2.24, 2.45) is 0 Å². The molecule has 10 nitrogen and oxygen atoms in total. The maximum absolute atomic E-state index is 14.1. The molecule has 1 heterocycles. The van der Waals surface area contributed by atoms with Crippen LogP contribution in [0, 0.1) is 10.1 Å². The molecular formula is C29H27F13N2O8. The molecule has 292 valence electrons. The summed E-state index contributed by atoms with van der Waals surface area (Å²) in [6, 6.07) is 4.59. The van der Waals surface area contributed by atoms with E-state index in [0.29, 0.717) is 12.8 Å². The minimum absolute atomic E-state index is 0.0310. The van der Waals surface area contributed by atoms with Gasteiger partial charge < -0.3 is 24.3 Å². The quantitative estimate of drug-likeness (QED) is 0.0685. The Kier molecular flexibility index (Phi) is 12.0. The van der Waals surface area contributed by atoms with Gasteiger partial charge in [-0.2, -0.15) is 57.1 Å². The van der Waals surface area contributed by atoms with Gasteiger partial charge in [-0.25, -0.2) is 9.59 Å². The molecule has 0 amide bonds. The maximum Gasteiger partial charge on any atom is 0.513 e. The van der Waals surface area contributed by atoms with Crippen LogP contribution in [0.15, 0.2) is 47.2 Å². The van der Waals surface area contributed by atoms with Crippen LogP contribution in [0.5, 0.6) is 0 Å². The molecule has 1 atom stereocenters. The number of benzene rings is 1. The molecule has 1 aliphatic heterocycles. The summed E-state index contributed by atoms with van der Waals surface area (Å²) in [5, 5.41) is 14.1. The zero-order valence-corrected chi connectivity index (χ0v) is 26.5. The number of nitrogens with zero attached hydrogens (tertiary/aromatic N) is 1. The first-order valence-electron chi connectivity index (χ1n) is 14.8. The third kappa shape index (κ3) is 8.11. The predicted octanol–water partition coefficient (Wildman–Crippen LogP) is 9.51. The van der Waals surface area contributed by atoms with Gasteiger partial charge in [0.05, 0.1) is 22.9 Å². The van der Waals surface area contributed by atoms with Crippen molar-refractivity contribution < 1.29 is 90.5 Å². The Morgan fingerprint density at radius 3 is 1.85 bits per heavy atom. The SMILES string of the molecule is CC1=C(OC(=O)OCCCC(F)(F)C(F)(F)C(F)(F)C(F)(F)C(F)(F)C(F)(F)F)C(c2cccc([N+](=O)[O-])c2)C(OC(=O)OC2CCCC2)=C(C)N1. The lowest BCUT2D eigenvalue weighted by Gasteiger charge is -2.39. The Morgan fingerprint density at radius 1 is 0.808 bits per heavy atom. The second-order valence-electron chi connectivity index (χ2n) is 11.6. The number of alkyl halides is 13. The molecule has 52 heavy (non-hydrogen) atoms. The van der Waals surface area contributed by atoms with E-state index in [1.807, 2.05) is 0 Å². The molecule has 1 fully saturated rings. The van der Waals surface area contributed by atoms with Gasteiger partial charge in [-0.15, -0.1) is 0 Å². The molecule has 1 aromatic rings. The van der Waals surface area contributed by atoms with Gasteiger partial charge in [-0.1, -0.05) is 12.1 Å². The Labute approximate surface area is 284 Å². The molecule has 1 aliphatic carbocycles. The van der Waals surface area contributed by atoms with Crippen LogP contribution < -0.4 is 5.32 Å². The Bertz CT molecular complexity index is 1590. The Balaban J connectivity index is 1.78. The highest BCUT2D eigenvalue weighted by molar-refractivity contribution is 5.65. The molecule has 3 rings (SSSR count). The maximum atomic E-state index is 14.1. The minimum atomic E-state index is -8.05. The fraction of sp³-hybridized carbons (Fsp3) is 0.586. The molecule has 1 N–H and O–H groups in total. The number of dihydropyridines is 1. The van der Waals surface area contributed by atoms with Gasteiger partial charge in [0, 0.05) is 18.6 Å². The van der Waals surface area contributed by atoms with E-state index >= 15 is 0 Å². The zero-order valence-electron chi connectivity index (χ0n) is 26.5. The number of halogens is 13. The van der Waals surface area contributed by atoms with Crippen molar-refractivity contribution >= 4 is 18.0 Å². The second-order valence-corrected chi connectivity index (χ2v) is 11.6. The number of hydrogen-bond acceptors (Lipinski definition) is 9. The van der Waals surface area contributed by atoms with Gasteiger partial charge in [-0.05, 0) is 51.5 Å². The highest BCUT2D eigenvalue weighted by Crippen LogP contribution is 2.60. The van der Waals surface area contributed by atoms with Crippen LogP contribution in [0.2, 0.25) is 0 Å². The number of ether oxygens (including phenoxy) is 4.